The molecule has 14 rings (SSSR count). The zero-order valence-electron chi connectivity index (χ0n) is 35.2. The number of imidazole rings is 1. The molecule has 302 valence electrons. The molecule has 0 N–H and O–H groups in total. The molecule has 4 heteroatoms. The van der Waals surface area contributed by atoms with Gasteiger partial charge in [0.1, 0.15) is 5.82 Å². The van der Waals surface area contributed by atoms with E-state index in [0.717, 1.165) is 50.6 Å². The van der Waals surface area contributed by atoms with Crippen molar-refractivity contribution in [3.05, 3.63) is 231 Å². The maximum absolute atomic E-state index is 5.31. The second kappa shape index (κ2) is 13.9. The Kier molecular flexibility index (Phi) is 7.65. The molecule has 4 nitrogen and oxygen atoms in total. The number of rotatable bonds is 5. The monoisotopic (exact) mass is 826 g/mol. The highest BCUT2D eigenvalue weighted by Crippen LogP contribution is 2.43. The number of hydrogen-bond acceptors (Lipinski definition) is 1. The highest BCUT2D eigenvalue weighted by molar-refractivity contribution is 6.25. The summed E-state index contributed by atoms with van der Waals surface area (Å²) in [5, 5.41) is 12.3. The van der Waals surface area contributed by atoms with E-state index >= 15 is 0 Å². The average molecular weight is 827 g/mol. The van der Waals surface area contributed by atoms with Crippen molar-refractivity contribution < 1.29 is 0 Å². The van der Waals surface area contributed by atoms with E-state index in [2.05, 4.69) is 244 Å². The molecule has 0 amide bonds. The van der Waals surface area contributed by atoms with Crippen LogP contribution in [0.5, 0.6) is 0 Å². The minimum Gasteiger partial charge on any atom is -0.309 e. The molecule has 3 heterocycles. The molecular formula is C61H38N4. The zero-order valence-corrected chi connectivity index (χ0v) is 35.2. The van der Waals surface area contributed by atoms with Gasteiger partial charge in [-0.3, -0.25) is 4.57 Å². The molecule has 0 radical (unpaired) electrons. The Morgan fingerprint density at radius 1 is 0.277 bits per heavy atom. The van der Waals surface area contributed by atoms with Crippen molar-refractivity contribution in [3.8, 4) is 39.6 Å². The van der Waals surface area contributed by atoms with Gasteiger partial charge in [-0.25, -0.2) is 4.98 Å². The van der Waals surface area contributed by atoms with Crippen LogP contribution in [0.1, 0.15) is 0 Å². The maximum Gasteiger partial charge on any atom is 0.145 e. The van der Waals surface area contributed by atoms with Crippen molar-refractivity contribution in [1.82, 2.24) is 18.7 Å². The molecule has 11 aromatic carbocycles. The Balaban J connectivity index is 1.00. The van der Waals surface area contributed by atoms with Gasteiger partial charge in [0.2, 0.25) is 0 Å². The second-order valence-corrected chi connectivity index (χ2v) is 17.1. The Morgan fingerprint density at radius 2 is 0.862 bits per heavy atom. The third-order valence-electron chi connectivity index (χ3n) is 13.6. The van der Waals surface area contributed by atoms with Crippen LogP contribution in [-0.2, 0) is 0 Å². The minimum atomic E-state index is 0.932. The van der Waals surface area contributed by atoms with Crippen LogP contribution in [0.15, 0.2) is 231 Å². The minimum absolute atomic E-state index is 0.932. The van der Waals surface area contributed by atoms with E-state index in [1.807, 2.05) is 0 Å². The van der Waals surface area contributed by atoms with E-state index in [-0.39, 0.29) is 0 Å². The molecule has 14 aromatic rings. The van der Waals surface area contributed by atoms with Crippen LogP contribution in [0.3, 0.4) is 0 Å². The Labute approximate surface area is 374 Å². The normalized spacial score (nSPS) is 12.0. The molecule has 0 bridgehead atoms. The lowest BCUT2D eigenvalue weighted by Gasteiger charge is -2.14. The Morgan fingerprint density at radius 3 is 1.69 bits per heavy atom. The molecule has 0 atom stereocenters. The topological polar surface area (TPSA) is 27.7 Å². The number of benzene rings is 11. The third kappa shape index (κ3) is 5.35. The van der Waals surface area contributed by atoms with Gasteiger partial charge in [0, 0.05) is 49.6 Å². The highest BCUT2D eigenvalue weighted by Gasteiger charge is 2.22. The molecule has 0 saturated carbocycles. The number of para-hydroxylation sites is 3. The first-order chi connectivity index (χ1) is 32.2. The van der Waals surface area contributed by atoms with Gasteiger partial charge in [-0.15, -0.1) is 0 Å². The highest BCUT2D eigenvalue weighted by atomic mass is 15.1. The van der Waals surface area contributed by atoms with Gasteiger partial charge in [-0.1, -0.05) is 158 Å². The zero-order chi connectivity index (χ0) is 42.6. The van der Waals surface area contributed by atoms with Crippen LogP contribution in [0, 0.1) is 0 Å². The molecule has 65 heavy (non-hydrogen) atoms. The quantitative estimate of drug-likeness (QED) is 0.159. The summed E-state index contributed by atoms with van der Waals surface area (Å²) in [5.74, 6) is 0.932. The first kappa shape index (κ1) is 35.8. The van der Waals surface area contributed by atoms with Crippen LogP contribution < -0.4 is 0 Å². The molecule has 0 aliphatic rings. The number of hydrogen-bond donors (Lipinski definition) is 0. The summed E-state index contributed by atoms with van der Waals surface area (Å²) < 4.78 is 7.25. The third-order valence-corrected chi connectivity index (χ3v) is 13.6. The fourth-order valence-corrected chi connectivity index (χ4v) is 10.7. The van der Waals surface area contributed by atoms with E-state index in [1.165, 1.54) is 75.9 Å². The van der Waals surface area contributed by atoms with E-state index in [0.29, 0.717) is 0 Å². The second-order valence-electron chi connectivity index (χ2n) is 17.1. The summed E-state index contributed by atoms with van der Waals surface area (Å²) >= 11 is 0. The van der Waals surface area contributed by atoms with Gasteiger partial charge >= 0.3 is 0 Å². The van der Waals surface area contributed by atoms with Gasteiger partial charge in [0.25, 0.3) is 0 Å². The van der Waals surface area contributed by atoms with Crippen LogP contribution in [0.25, 0.3) is 127 Å². The molecule has 0 fully saturated rings. The van der Waals surface area contributed by atoms with Gasteiger partial charge in [0.15, 0.2) is 0 Å². The van der Waals surface area contributed by atoms with Gasteiger partial charge < -0.3 is 9.13 Å². The van der Waals surface area contributed by atoms with Crippen molar-refractivity contribution in [1.29, 1.82) is 0 Å². The number of aromatic nitrogens is 4. The number of fused-ring (bicyclic) bond motifs is 13. The van der Waals surface area contributed by atoms with E-state index in [4.69, 9.17) is 4.98 Å². The molecule has 0 aliphatic carbocycles. The standard InChI is InChI=1S/C61H38N4/c1-4-16-42(17-5-1)61-62-53-33-31-41-29-27-40-28-30-44(36-50(40)58(41)60(53)65(61)46-21-8-3-9-22-46)43-18-14-23-47(35-43)64-54-26-13-12-25-49(54)51-37-52-57(38-56(51)64)63(45-19-6-2-7-20-45)55-34-32-39-15-10-11-24-48(39)59(52)55/h1-38H. The van der Waals surface area contributed by atoms with Crippen molar-refractivity contribution in [2.24, 2.45) is 0 Å². The summed E-state index contributed by atoms with van der Waals surface area (Å²) in [6.45, 7) is 0. The Hall–Kier alpha value is -8.73. The average Bonchev–Trinajstić information content (AvgIpc) is 4.04. The van der Waals surface area contributed by atoms with Crippen molar-refractivity contribution in [3.63, 3.8) is 0 Å². The van der Waals surface area contributed by atoms with Crippen molar-refractivity contribution >= 4 is 87.0 Å². The van der Waals surface area contributed by atoms with E-state index in [1.54, 1.807) is 0 Å². The predicted molar refractivity (Wildman–Crippen MR) is 273 cm³/mol. The Bertz CT molecular complexity index is 4210. The van der Waals surface area contributed by atoms with Crippen molar-refractivity contribution in [2.75, 3.05) is 0 Å². The molecule has 0 spiro atoms. The molecular weight excluding hydrogens is 789 g/mol. The fourth-order valence-electron chi connectivity index (χ4n) is 10.7. The van der Waals surface area contributed by atoms with Gasteiger partial charge in [0.05, 0.1) is 33.1 Å². The predicted octanol–water partition coefficient (Wildman–Crippen LogP) is 16.0. The van der Waals surface area contributed by atoms with Gasteiger partial charge in [-0.05, 0) is 111 Å². The van der Waals surface area contributed by atoms with Crippen LogP contribution in [-0.4, -0.2) is 18.7 Å². The van der Waals surface area contributed by atoms with Crippen LogP contribution in [0.4, 0.5) is 0 Å². The van der Waals surface area contributed by atoms with Crippen LogP contribution in [0.2, 0.25) is 0 Å². The fraction of sp³-hybridized carbons (Fsp3) is 0. The molecule has 0 saturated heterocycles. The lowest BCUT2D eigenvalue weighted by Crippen LogP contribution is -1.98. The summed E-state index contributed by atoms with van der Waals surface area (Å²) in [7, 11) is 0. The van der Waals surface area contributed by atoms with Crippen LogP contribution >= 0.6 is 0 Å². The molecule has 0 unspecified atom stereocenters. The SMILES string of the molecule is c1ccc(-c2nc3ccc4ccc5ccc(-c6cccc(-n7c8ccccc8c8cc9c%10c%11ccccc%11ccc%10n(-c%10ccccc%10)c9cc87)c6)cc5c4c3n2-c2ccccc2)cc1. The lowest BCUT2D eigenvalue weighted by atomic mass is 9.96. The maximum atomic E-state index is 5.31. The van der Waals surface area contributed by atoms with Crippen molar-refractivity contribution in [2.45, 2.75) is 0 Å². The smallest absolute Gasteiger partial charge is 0.145 e. The summed E-state index contributed by atoms with van der Waals surface area (Å²) in [6.07, 6.45) is 0. The lowest BCUT2D eigenvalue weighted by molar-refractivity contribution is 1.11. The van der Waals surface area contributed by atoms with E-state index in [9.17, 15) is 0 Å². The van der Waals surface area contributed by atoms with E-state index < -0.39 is 0 Å². The molecule has 3 aromatic heterocycles. The summed E-state index contributed by atoms with van der Waals surface area (Å²) in [6, 6.07) is 83.9. The summed E-state index contributed by atoms with van der Waals surface area (Å²) in [5.41, 5.74) is 13.6. The van der Waals surface area contributed by atoms with Gasteiger partial charge in [-0.2, -0.15) is 0 Å². The first-order valence-electron chi connectivity index (χ1n) is 22.3. The first-order valence-corrected chi connectivity index (χ1v) is 22.3. The number of nitrogens with zero attached hydrogens (tertiary/aromatic N) is 4. The largest absolute Gasteiger partial charge is 0.309 e. The summed E-state index contributed by atoms with van der Waals surface area (Å²) in [4.78, 5) is 5.31. The molecule has 0 aliphatic heterocycles.